The van der Waals surface area contributed by atoms with E-state index in [1.54, 1.807) is 0 Å². The smallest absolute Gasteiger partial charge is 0.404 e. The van der Waals surface area contributed by atoms with E-state index in [-0.39, 0.29) is 24.3 Å². The lowest BCUT2D eigenvalue weighted by atomic mass is 9.94. The molecule has 1 aromatic heterocycles. The average molecular weight is 430 g/mol. The third kappa shape index (κ3) is 6.45. The van der Waals surface area contributed by atoms with E-state index < -0.39 is 6.09 Å². The maximum absolute atomic E-state index is 12.4. The third-order valence-electron chi connectivity index (χ3n) is 5.77. The van der Waals surface area contributed by atoms with Gasteiger partial charge in [0.05, 0.1) is 6.42 Å². The lowest BCUT2D eigenvalue weighted by Gasteiger charge is -2.22. The SMILES string of the molecule is CCC(NC(=O)O)C1CCC(c2cc(NC(=O)Cc3ccc(OCCN)cc3)n[nH]2)C1. The van der Waals surface area contributed by atoms with Crippen LogP contribution in [-0.2, 0) is 11.2 Å². The molecule has 31 heavy (non-hydrogen) atoms. The summed E-state index contributed by atoms with van der Waals surface area (Å²) in [6, 6.07) is 9.20. The number of carbonyl (C=O) groups is 2. The molecule has 2 amide bonds. The van der Waals surface area contributed by atoms with Crippen LogP contribution in [0, 0.1) is 5.92 Å². The van der Waals surface area contributed by atoms with Crippen molar-refractivity contribution in [1.82, 2.24) is 15.5 Å². The number of hydrogen-bond acceptors (Lipinski definition) is 5. The molecule has 1 saturated carbocycles. The Hall–Kier alpha value is -3.07. The van der Waals surface area contributed by atoms with Crippen LogP contribution < -0.4 is 21.1 Å². The molecule has 2 aromatic rings. The molecule has 1 aliphatic carbocycles. The average Bonchev–Trinajstić information content (AvgIpc) is 3.41. The highest BCUT2D eigenvalue weighted by Gasteiger charge is 2.32. The topological polar surface area (TPSA) is 142 Å². The highest BCUT2D eigenvalue weighted by atomic mass is 16.5. The van der Waals surface area contributed by atoms with Crippen LogP contribution in [0.15, 0.2) is 30.3 Å². The van der Waals surface area contributed by atoms with Crippen molar-refractivity contribution in [3.63, 3.8) is 0 Å². The Balaban J connectivity index is 1.50. The molecule has 3 atom stereocenters. The molecule has 9 heteroatoms. The minimum absolute atomic E-state index is 0.0308. The molecule has 0 spiro atoms. The van der Waals surface area contributed by atoms with Crippen molar-refractivity contribution in [1.29, 1.82) is 0 Å². The number of anilines is 1. The van der Waals surface area contributed by atoms with Gasteiger partial charge < -0.3 is 26.2 Å². The zero-order valence-electron chi connectivity index (χ0n) is 17.8. The summed E-state index contributed by atoms with van der Waals surface area (Å²) in [4.78, 5) is 23.4. The van der Waals surface area contributed by atoms with E-state index in [2.05, 4.69) is 20.8 Å². The summed E-state index contributed by atoms with van der Waals surface area (Å²) < 4.78 is 5.44. The zero-order valence-corrected chi connectivity index (χ0v) is 17.8. The Morgan fingerprint density at radius 3 is 2.77 bits per heavy atom. The number of nitrogens with two attached hydrogens (primary N) is 1. The highest BCUT2D eigenvalue weighted by Crippen LogP contribution is 2.40. The van der Waals surface area contributed by atoms with Gasteiger partial charge in [0, 0.05) is 30.3 Å². The Bertz CT molecular complexity index is 867. The third-order valence-corrected chi connectivity index (χ3v) is 5.77. The van der Waals surface area contributed by atoms with Crippen LogP contribution in [-0.4, -0.2) is 46.5 Å². The summed E-state index contributed by atoms with van der Waals surface area (Å²) in [5, 5.41) is 21.8. The van der Waals surface area contributed by atoms with Crippen LogP contribution in [0.25, 0.3) is 0 Å². The minimum Gasteiger partial charge on any atom is -0.492 e. The number of aromatic nitrogens is 2. The van der Waals surface area contributed by atoms with Crippen molar-refractivity contribution in [3.8, 4) is 5.75 Å². The van der Waals surface area contributed by atoms with Crippen molar-refractivity contribution in [2.24, 2.45) is 11.7 Å². The van der Waals surface area contributed by atoms with Crippen LogP contribution >= 0.6 is 0 Å². The predicted octanol–water partition coefficient (Wildman–Crippen LogP) is 2.86. The van der Waals surface area contributed by atoms with Crippen LogP contribution in [0.3, 0.4) is 0 Å². The summed E-state index contributed by atoms with van der Waals surface area (Å²) in [7, 11) is 0. The fourth-order valence-corrected chi connectivity index (χ4v) is 4.24. The van der Waals surface area contributed by atoms with E-state index >= 15 is 0 Å². The standard InChI is InChI=1S/C22H31N5O4/c1-2-18(24-22(29)30)15-5-6-16(12-15)19-13-20(27-26-19)25-21(28)11-14-3-7-17(8-4-14)31-10-9-23/h3-4,7-8,13,15-16,18,24H,2,5-6,9-12,23H2,1H3,(H,29,30)(H2,25,26,27,28). The van der Waals surface area contributed by atoms with E-state index in [1.807, 2.05) is 37.3 Å². The Morgan fingerprint density at radius 1 is 1.32 bits per heavy atom. The predicted molar refractivity (Wildman–Crippen MR) is 117 cm³/mol. The number of nitrogens with one attached hydrogen (secondary N) is 3. The largest absolute Gasteiger partial charge is 0.492 e. The van der Waals surface area contributed by atoms with Gasteiger partial charge in [-0.3, -0.25) is 9.89 Å². The van der Waals surface area contributed by atoms with Crippen LogP contribution in [0.5, 0.6) is 5.75 Å². The molecule has 6 N–H and O–H groups in total. The first-order valence-corrected chi connectivity index (χ1v) is 10.7. The monoisotopic (exact) mass is 429 g/mol. The van der Waals surface area contributed by atoms with Gasteiger partial charge in [-0.25, -0.2) is 4.79 Å². The van der Waals surface area contributed by atoms with E-state index in [0.717, 1.165) is 42.7 Å². The Labute approximate surface area is 181 Å². The van der Waals surface area contributed by atoms with Crippen molar-refractivity contribution in [3.05, 3.63) is 41.6 Å². The van der Waals surface area contributed by atoms with Gasteiger partial charge in [0.1, 0.15) is 12.4 Å². The van der Waals surface area contributed by atoms with Gasteiger partial charge in [-0.2, -0.15) is 5.10 Å². The summed E-state index contributed by atoms with van der Waals surface area (Å²) in [5.74, 6) is 1.68. The van der Waals surface area contributed by atoms with Crippen molar-refractivity contribution < 1.29 is 19.4 Å². The fraction of sp³-hybridized carbons (Fsp3) is 0.500. The molecule has 0 radical (unpaired) electrons. The number of amides is 2. The van der Waals surface area contributed by atoms with Gasteiger partial charge in [-0.1, -0.05) is 19.1 Å². The van der Waals surface area contributed by atoms with Crippen molar-refractivity contribution in [2.75, 3.05) is 18.5 Å². The van der Waals surface area contributed by atoms with Crippen molar-refractivity contribution in [2.45, 2.75) is 51.0 Å². The second-order valence-electron chi connectivity index (χ2n) is 7.95. The minimum atomic E-state index is -0.973. The van der Waals surface area contributed by atoms with Crippen LogP contribution in [0.4, 0.5) is 10.6 Å². The van der Waals surface area contributed by atoms with Gasteiger partial charge >= 0.3 is 6.09 Å². The molecule has 1 aliphatic rings. The van der Waals surface area contributed by atoms with Crippen molar-refractivity contribution >= 4 is 17.8 Å². The van der Waals surface area contributed by atoms with E-state index in [9.17, 15) is 9.59 Å². The second kappa shape index (κ2) is 10.8. The number of carboxylic acid groups (broad SMARTS) is 1. The molecule has 3 unspecified atom stereocenters. The molecule has 1 aromatic carbocycles. The normalized spacial score (nSPS) is 19.0. The quantitative estimate of drug-likeness (QED) is 0.393. The molecule has 0 saturated heterocycles. The molecular formula is C22H31N5O4. The molecule has 3 rings (SSSR count). The van der Waals surface area contributed by atoms with Gasteiger partial charge in [0.15, 0.2) is 5.82 Å². The van der Waals surface area contributed by atoms with Gasteiger partial charge in [0.2, 0.25) is 5.91 Å². The number of carbonyl (C=O) groups excluding carboxylic acids is 1. The molecule has 0 aliphatic heterocycles. The maximum atomic E-state index is 12.4. The molecule has 1 fully saturated rings. The van der Waals surface area contributed by atoms with E-state index in [4.69, 9.17) is 15.6 Å². The Morgan fingerprint density at radius 2 is 2.10 bits per heavy atom. The van der Waals surface area contributed by atoms with Gasteiger partial charge in [0.25, 0.3) is 0 Å². The zero-order chi connectivity index (χ0) is 22.2. The van der Waals surface area contributed by atoms with Crippen LogP contribution in [0.2, 0.25) is 0 Å². The maximum Gasteiger partial charge on any atom is 0.404 e. The first-order valence-electron chi connectivity index (χ1n) is 10.7. The summed E-state index contributed by atoms with van der Waals surface area (Å²) in [6.07, 6.45) is 2.87. The number of H-pyrrole nitrogens is 1. The number of benzene rings is 1. The number of nitrogens with zero attached hydrogens (tertiary/aromatic N) is 1. The number of rotatable bonds is 10. The molecular weight excluding hydrogens is 398 g/mol. The first-order chi connectivity index (χ1) is 15.0. The molecule has 1 heterocycles. The summed E-state index contributed by atoms with van der Waals surface area (Å²) >= 11 is 0. The lowest BCUT2D eigenvalue weighted by Crippen LogP contribution is -2.38. The van der Waals surface area contributed by atoms with Gasteiger partial charge in [-0.05, 0) is 49.3 Å². The van der Waals surface area contributed by atoms with E-state index in [0.29, 0.717) is 24.9 Å². The number of ether oxygens (including phenoxy) is 1. The fourth-order valence-electron chi connectivity index (χ4n) is 4.24. The number of aromatic amines is 1. The molecule has 9 nitrogen and oxygen atoms in total. The Kier molecular flexibility index (Phi) is 7.88. The van der Waals surface area contributed by atoms with Gasteiger partial charge in [-0.15, -0.1) is 0 Å². The summed E-state index contributed by atoms with van der Waals surface area (Å²) in [5.41, 5.74) is 7.27. The second-order valence-corrected chi connectivity index (χ2v) is 7.95. The van der Waals surface area contributed by atoms with E-state index in [1.165, 1.54) is 0 Å². The number of hydrogen-bond donors (Lipinski definition) is 5. The summed E-state index contributed by atoms with van der Waals surface area (Å²) in [6.45, 7) is 2.91. The highest BCUT2D eigenvalue weighted by molar-refractivity contribution is 5.91. The van der Waals surface area contributed by atoms with Crippen LogP contribution in [0.1, 0.15) is 49.8 Å². The molecule has 168 valence electrons. The lowest BCUT2D eigenvalue weighted by molar-refractivity contribution is -0.115. The first kappa shape index (κ1) is 22.6. The molecule has 0 bridgehead atoms.